The predicted molar refractivity (Wildman–Crippen MR) is 166 cm³/mol. The molecule has 7 rings (SSSR count). The van der Waals surface area contributed by atoms with Crippen molar-refractivity contribution < 1.29 is 26.3 Å². The maximum absolute atomic E-state index is 15.6. The number of aryl methyl sites for hydroxylation is 2. The Morgan fingerprint density at radius 1 is 0.556 bits per heavy atom. The van der Waals surface area contributed by atoms with E-state index in [0.717, 1.165) is 33.8 Å². The molecule has 6 aromatic rings. The van der Waals surface area contributed by atoms with Crippen LogP contribution in [0.25, 0.3) is 54.8 Å². The van der Waals surface area contributed by atoms with Crippen LogP contribution in [0.2, 0.25) is 0 Å². The van der Waals surface area contributed by atoms with Crippen LogP contribution in [0.1, 0.15) is 20.9 Å². The van der Waals surface area contributed by atoms with E-state index in [4.69, 9.17) is 0 Å². The molecule has 2 aromatic carbocycles. The van der Waals surface area contributed by atoms with E-state index >= 15 is 26.3 Å². The first kappa shape index (κ1) is 29.3. The highest BCUT2D eigenvalue weighted by Crippen LogP contribution is 2.66. The second-order valence-electron chi connectivity index (χ2n) is 10.7. The molecular formula is C33H22F6N4S2. The third-order valence-corrected chi connectivity index (χ3v) is 10.1. The van der Waals surface area contributed by atoms with Crippen molar-refractivity contribution in [2.24, 2.45) is 0 Å². The molecule has 0 unspecified atom stereocenters. The van der Waals surface area contributed by atoms with Crippen LogP contribution in [0.3, 0.4) is 0 Å². The molecule has 4 aromatic heterocycles. The van der Waals surface area contributed by atoms with Gasteiger partial charge in [-0.1, -0.05) is 48.5 Å². The summed E-state index contributed by atoms with van der Waals surface area (Å²) in [4.78, 5) is 15.8. The summed E-state index contributed by atoms with van der Waals surface area (Å²) in [5, 5.41) is 0. The average Bonchev–Trinajstić information content (AvgIpc) is 3.85. The van der Waals surface area contributed by atoms with E-state index in [-0.39, 0.29) is 20.9 Å². The lowest BCUT2D eigenvalue weighted by atomic mass is 9.94. The Bertz CT molecular complexity index is 1890. The number of halogens is 6. The Morgan fingerprint density at radius 3 is 1.24 bits per heavy atom. The second-order valence-corrected chi connectivity index (χ2v) is 13.2. The molecule has 2 N–H and O–H groups in total. The third kappa shape index (κ3) is 4.49. The zero-order chi connectivity index (χ0) is 31.7. The van der Waals surface area contributed by atoms with Gasteiger partial charge in [-0.2, -0.15) is 26.3 Å². The minimum atomic E-state index is -5.64. The van der Waals surface area contributed by atoms with Crippen molar-refractivity contribution in [1.82, 2.24) is 19.9 Å². The molecule has 0 amide bonds. The summed E-state index contributed by atoms with van der Waals surface area (Å²) in [5.41, 5.74) is -0.520. The molecule has 4 heterocycles. The van der Waals surface area contributed by atoms with Gasteiger partial charge >= 0.3 is 17.8 Å². The molecule has 4 nitrogen and oxygen atoms in total. The fourth-order valence-corrected chi connectivity index (χ4v) is 7.67. The highest BCUT2D eigenvalue weighted by atomic mass is 32.1. The lowest BCUT2D eigenvalue weighted by molar-refractivity contribution is -0.254. The Kier molecular flexibility index (Phi) is 6.71. The van der Waals surface area contributed by atoms with Crippen LogP contribution in [-0.2, 0) is 0 Å². The van der Waals surface area contributed by atoms with E-state index in [1.54, 1.807) is 73.3 Å². The Hall–Kier alpha value is -4.42. The first-order chi connectivity index (χ1) is 21.4. The highest BCUT2D eigenvalue weighted by Gasteiger charge is 2.80. The smallest absolute Gasteiger partial charge is 0.345 e. The monoisotopic (exact) mass is 652 g/mol. The predicted octanol–water partition coefficient (Wildman–Crippen LogP) is 10.4. The quantitative estimate of drug-likeness (QED) is 0.176. The van der Waals surface area contributed by atoms with Crippen LogP contribution in [0.15, 0.2) is 85.5 Å². The van der Waals surface area contributed by atoms with Crippen LogP contribution >= 0.6 is 22.7 Å². The molecule has 1 aliphatic rings. The van der Waals surface area contributed by atoms with E-state index in [1.807, 2.05) is 0 Å². The first-order valence-corrected chi connectivity index (χ1v) is 15.3. The van der Waals surface area contributed by atoms with Crippen molar-refractivity contribution in [3.05, 3.63) is 106 Å². The summed E-state index contributed by atoms with van der Waals surface area (Å²) < 4.78 is 92.8. The standard InChI is InChI=1S/C33H22F6N4S2/c1-17-23(15-25(44-17)19-3-7-21(8-4-19)29-40-11-12-41-29)27-28(32(36,37)33(38,39)31(27,34)35)24-16-26(45-18(24)2)20-5-9-22(10-6-20)30-42-13-14-43-30/h3-16H,1-2H3,(H,40,41)(H,42,43). The number of benzene rings is 2. The number of H-pyrrole nitrogens is 2. The molecule has 1 aliphatic carbocycles. The zero-order valence-corrected chi connectivity index (χ0v) is 25.2. The number of rotatable bonds is 6. The molecule has 0 radical (unpaired) electrons. The molecule has 228 valence electrons. The van der Waals surface area contributed by atoms with E-state index in [9.17, 15) is 0 Å². The van der Waals surface area contributed by atoms with Gasteiger partial charge in [0.25, 0.3) is 0 Å². The summed E-state index contributed by atoms with van der Waals surface area (Å²) in [5.74, 6) is -14.6. The van der Waals surface area contributed by atoms with Crippen LogP contribution in [0.5, 0.6) is 0 Å². The summed E-state index contributed by atoms with van der Waals surface area (Å²) in [6.45, 7) is 2.95. The van der Waals surface area contributed by atoms with Crippen molar-refractivity contribution in [2.45, 2.75) is 31.6 Å². The van der Waals surface area contributed by atoms with E-state index < -0.39 is 28.9 Å². The lowest BCUT2D eigenvalue weighted by Gasteiger charge is -2.25. The molecule has 0 saturated heterocycles. The molecule has 45 heavy (non-hydrogen) atoms. The average molecular weight is 653 g/mol. The maximum atomic E-state index is 15.6. The van der Waals surface area contributed by atoms with Crippen LogP contribution in [0, 0.1) is 13.8 Å². The van der Waals surface area contributed by atoms with Crippen LogP contribution < -0.4 is 0 Å². The summed E-state index contributed by atoms with van der Waals surface area (Å²) in [6, 6.07) is 16.7. The summed E-state index contributed by atoms with van der Waals surface area (Å²) >= 11 is 2.15. The number of nitrogens with zero attached hydrogens (tertiary/aromatic N) is 2. The summed E-state index contributed by atoms with van der Waals surface area (Å²) in [6.07, 6.45) is 6.56. The van der Waals surface area contributed by atoms with Gasteiger partial charge in [-0.15, -0.1) is 22.7 Å². The molecule has 12 heteroatoms. The van der Waals surface area contributed by atoms with Crippen molar-refractivity contribution >= 4 is 33.8 Å². The van der Waals surface area contributed by atoms with Gasteiger partial charge in [-0.05, 0) is 48.2 Å². The van der Waals surface area contributed by atoms with Crippen molar-refractivity contribution in [3.8, 4) is 43.7 Å². The number of imidazole rings is 2. The Labute approximate surface area is 261 Å². The van der Waals surface area contributed by atoms with Gasteiger partial charge in [0, 0.05) is 66.6 Å². The molecular weight excluding hydrogens is 631 g/mol. The maximum Gasteiger partial charge on any atom is 0.380 e. The number of aromatic nitrogens is 4. The molecule has 0 aliphatic heterocycles. The number of hydrogen-bond donors (Lipinski definition) is 2. The van der Waals surface area contributed by atoms with Crippen LogP contribution in [0.4, 0.5) is 26.3 Å². The molecule has 0 fully saturated rings. The fraction of sp³-hybridized carbons (Fsp3) is 0.152. The zero-order valence-electron chi connectivity index (χ0n) is 23.6. The third-order valence-electron chi connectivity index (χ3n) is 7.92. The number of nitrogens with one attached hydrogen (secondary N) is 2. The van der Waals surface area contributed by atoms with E-state index in [1.165, 1.54) is 26.0 Å². The van der Waals surface area contributed by atoms with Gasteiger partial charge in [0.05, 0.1) is 0 Å². The fourth-order valence-electron chi connectivity index (χ4n) is 5.61. The highest BCUT2D eigenvalue weighted by molar-refractivity contribution is 7.16. The largest absolute Gasteiger partial charge is 0.380 e. The Morgan fingerprint density at radius 2 is 0.911 bits per heavy atom. The number of hydrogen-bond acceptors (Lipinski definition) is 4. The summed E-state index contributed by atoms with van der Waals surface area (Å²) in [7, 11) is 0. The minimum absolute atomic E-state index is 0.224. The number of alkyl halides is 6. The van der Waals surface area contributed by atoms with Gasteiger partial charge in [0.1, 0.15) is 11.6 Å². The topological polar surface area (TPSA) is 57.4 Å². The van der Waals surface area contributed by atoms with E-state index in [2.05, 4.69) is 19.9 Å². The number of aromatic amines is 2. The van der Waals surface area contributed by atoms with Gasteiger partial charge < -0.3 is 9.97 Å². The number of thiophene rings is 2. The SMILES string of the molecule is Cc1sc(-c2ccc(-c3ncc[nH]3)cc2)cc1C1=C(c2cc(-c3ccc(-c4ncc[nH]4)cc3)sc2C)C(F)(F)C(F)(F)C1(F)F. The van der Waals surface area contributed by atoms with Crippen LogP contribution in [-0.4, -0.2) is 37.7 Å². The molecule has 0 spiro atoms. The van der Waals surface area contributed by atoms with Gasteiger partial charge in [0.15, 0.2) is 0 Å². The molecule has 0 bridgehead atoms. The van der Waals surface area contributed by atoms with Gasteiger partial charge in [0.2, 0.25) is 0 Å². The van der Waals surface area contributed by atoms with E-state index in [0.29, 0.717) is 32.5 Å². The van der Waals surface area contributed by atoms with Gasteiger partial charge in [-0.25, -0.2) is 9.97 Å². The first-order valence-electron chi connectivity index (χ1n) is 13.7. The Balaban J connectivity index is 1.34. The second kappa shape index (κ2) is 10.3. The van der Waals surface area contributed by atoms with Crippen molar-refractivity contribution in [1.29, 1.82) is 0 Å². The lowest BCUT2D eigenvalue weighted by Crippen LogP contribution is -2.48. The van der Waals surface area contributed by atoms with Crippen molar-refractivity contribution in [3.63, 3.8) is 0 Å². The number of allylic oxidation sites excluding steroid dienone is 2. The minimum Gasteiger partial charge on any atom is -0.345 e. The van der Waals surface area contributed by atoms with Gasteiger partial charge in [-0.3, -0.25) is 0 Å². The molecule has 0 saturated carbocycles. The van der Waals surface area contributed by atoms with Crippen molar-refractivity contribution in [2.75, 3.05) is 0 Å². The molecule has 0 atom stereocenters. The normalized spacial score (nSPS) is 16.9.